The highest BCUT2D eigenvalue weighted by atomic mass is 19.1. The summed E-state index contributed by atoms with van der Waals surface area (Å²) in [5.41, 5.74) is 1.44. The van der Waals surface area contributed by atoms with E-state index in [9.17, 15) is 14.0 Å². The number of fused-ring (bicyclic) bond motifs is 1. The van der Waals surface area contributed by atoms with Crippen LogP contribution in [0.2, 0.25) is 0 Å². The molecule has 3 aromatic carbocycles. The van der Waals surface area contributed by atoms with Gasteiger partial charge >= 0.3 is 0 Å². The summed E-state index contributed by atoms with van der Waals surface area (Å²) in [5, 5.41) is 4.97. The van der Waals surface area contributed by atoms with E-state index in [1.807, 2.05) is 42.5 Å². The molecule has 1 atom stereocenters. The predicted octanol–water partition coefficient (Wildman–Crippen LogP) is 4.40. The fraction of sp³-hybridized carbons (Fsp3) is 0.250. The molecular formula is C24H23FN2O2. The topological polar surface area (TPSA) is 49.4 Å². The molecule has 5 heteroatoms. The van der Waals surface area contributed by atoms with Gasteiger partial charge in [-0.2, -0.15) is 0 Å². The number of rotatable bonds is 4. The fourth-order valence-corrected chi connectivity index (χ4v) is 3.95. The quantitative estimate of drug-likeness (QED) is 0.718. The van der Waals surface area contributed by atoms with E-state index >= 15 is 0 Å². The Hall–Kier alpha value is -3.21. The lowest BCUT2D eigenvalue weighted by Crippen LogP contribution is -2.44. The molecule has 1 fully saturated rings. The third-order valence-electron chi connectivity index (χ3n) is 5.46. The van der Waals surface area contributed by atoms with Gasteiger partial charge in [0.2, 0.25) is 11.8 Å². The largest absolute Gasteiger partial charge is 0.342 e. The van der Waals surface area contributed by atoms with Crippen LogP contribution < -0.4 is 5.32 Å². The number of anilines is 1. The van der Waals surface area contributed by atoms with Crippen molar-refractivity contribution >= 4 is 28.3 Å². The molecule has 1 N–H and O–H groups in total. The number of halogens is 1. The van der Waals surface area contributed by atoms with Gasteiger partial charge in [0.1, 0.15) is 5.82 Å². The Labute approximate surface area is 169 Å². The number of nitrogens with zero attached hydrogens (tertiary/aromatic N) is 1. The van der Waals surface area contributed by atoms with Crippen LogP contribution in [0.25, 0.3) is 10.8 Å². The molecule has 0 saturated carbocycles. The van der Waals surface area contributed by atoms with Gasteiger partial charge in [-0.3, -0.25) is 9.59 Å². The van der Waals surface area contributed by atoms with Crippen molar-refractivity contribution in [3.8, 4) is 0 Å². The zero-order valence-corrected chi connectivity index (χ0v) is 16.1. The molecule has 0 bridgehead atoms. The van der Waals surface area contributed by atoms with E-state index in [1.54, 1.807) is 17.0 Å². The Bertz CT molecular complexity index is 1040. The average Bonchev–Trinajstić information content (AvgIpc) is 2.74. The molecule has 0 radical (unpaired) electrons. The molecule has 0 aromatic heterocycles. The van der Waals surface area contributed by atoms with Gasteiger partial charge in [-0.15, -0.1) is 0 Å². The molecule has 4 nitrogen and oxygen atoms in total. The van der Waals surface area contributed by atoms with Crippen molar-refractivity contribution in [2.24, 2.45) is 5.92 Å². The number of hydrogen-bond acceptors (Lipinski definition) is 2. The summed E-state index contributed by atoms with van der Waals surface area (Å²) in [4.78, 5) is 27.3. The number of benzene rings is 3. The Morgan fingerprint density at radius 3 is 2.69 bits per heavy atom. The van der Waals surface area contributed by atoms with Crippen molar-refractivity contribution in [1.29, 1.82) is 0 Å². The lowest BCUT2D eigenvalue weighted by molar-refractivity contribution is -0.133. The van der Waals surface area contributed by atoms with Gasteiger partial charge in [-0.05, 0) is 47.4 Å². The number of nitrogens with one attached hydrogen (secondary N) is 1. The Morgan fingerprint density at radius 2 is 1.83 bits per heavy atom. The summed E-state index contributed by atoms with van der Waals surface area (Å²) in [6.07, 6.45) is 1.82. The van der Waals surface area contributed by atoms with Crippen LogP contribution in [0, 0.1) is 11.7 Å². The van der Waals surface area contributed by atoms with E-state index in [4.69, 9.17) is 0 Å². The molecule has 3 aromatic rings. The monoisotopic (exact) mass is 390 g/mol. The smallest absolute Gasteiger partial charge is 0.229 e. The number of carbonyl (C=O) groups is 2. The highest BCUT2D eigenvalue weighted by molar-refractivity contribution is 5.94. The normalized spacial score (nSPS) is 16.6. The third-order valence-corrected chi connectivity index (χ3v) is 5.46. The first-order chi connectivity index (χ1) is 14.1. The van der Waals surface area contributed by atoms with Crippen LogP contribution in [-0.2, 0) is 16.0 Å². The number of amides is 2. The van der Waals surface area contributed by atoms with E-state index in [-0.39, 0.29) is 17.7 Å². The standard InChI is InChI=1S/C24H23FN2O2/c25-20-10-4-11-21(15-20)26-24(29)19-9-5-13-27(16-19)23(28)14-18-8-3-7-17-6-1-2-12-22(17)18/h1-4,6-8,10-12,15,19H,5,9,13-14,16H2,(H,26,29)/t19-/m0/s1. The molecule has 0 spiro atoms. The number of piperidine rings is 1. The Balaban J connectivity index is 1.42. The van der Waals surface area contributed by atoms with Crippen LogP contribution in [0.1, 0.15) is 18.4 Å². The maximum atomic E-state index is 13.3. The lowest BCUT2D eigenvalue weighted by Gasteiger charge is -2.32. The van der Waals surface area contributed by atoms with E-state index in [1.165, 1.54) is 12.1 Å². The number of hydrogen-bond donors (Lipinski definition) is 1. The highest BCUT2D eigenvalue weighted by Crippen LogP contribution is 2.23. The number of likely N-dealkylation sites (tertiary alicyclic amines) is 1. The Kier molecular flexibility index (Phi) is 5.56. The van der Waals surface area contributed by atoms with Crippen molar-refractivity contribution in [2.75, 3.05) is 18.4 Å². The molecule has 1 heterocycles. The van der Waals surface area contributed by atoms with Gasteiger partial charge in [0.05, 0.1) is 12.3 Å². The molecule has 1 aliphatic heterocycles. The first-order valence-electron chi connectivity index (χ1n) is 9.91. The van der Waals surface area contributed by atoms with Crippen LogP contribution >= 0.6 is 0 Å². The second-order valence-corrected chi connectivity index (χ2v) is 7.49. The molecule has 148 valence electrons. The van der Waals surface area contributed by atoms with Crippen LogP contribution in [0.5, 0.6) is 0 Å². The first kappa shape index (κ1) is 19.1. The third kappa shape index (κ3) is 4.45. The van der Waals surface area contributed by atoms with Crippen molar-refractivity contribution in [1.82, 2.24) is 4.90 Å². The van der Waals surface area contributed by atoms with Gasteiger partial charge in [0.25, 0.3) is 0 Å². The summed E-state index contributed by atoms with van der Waals surface area (Å²) in [5.74, 6) is -0.815. The zero-order chi connectivity index (χ0) is 20.2. The molecule has 0 aliphatic carbocycles. The van der Waals surface area contributed by atoms with E-state index in [0.717, 1.165) is 29.2 Å². The summed E-state index contributed by atoms with van der Waals surface area (Å²) < 4.78 is 13.3. The van der Waals surface area contributed by atoms with Crippen LogP contribution in [0.15, 0.2) is 66.7 Å². The number of carbonyl (C=O) groups excluding carboxylic acids is 2. The Morgan fingerprint density at radius 1 is 1.03 bits per heavy atom. The molecule has 4 rings (SSSR count). The molecule has 1 saturated heterocycles. The predicted molar refractivity (Wildman–Crippen MR) is 112 cm³/mol. The highest BCUT2D eigenvalue weighted by Gasteiger charge is 2.28. The zero-order valence-electron chi connectivity index (χ0n) is 16.1. The van der Waals surface area contributed by atoms with Gasteiger partial charge in [-0.25, -0.2) is 4.39 Å². The van der Waals surface area contributed by atoms with Crippen molar-refractivity contribution in [3.63, 3.8) is 0 Å². The minimum absolute atomic E-state index is 0.0320. The fourth-order valence-electron chi connectivity index (χ4n) is 3.95. The van der Waals surface area contributed by atoms with E-state index in [2.05, 4.69) is 5.32 Å². The molecule has 0 unspecified atom stereocenters. The van der Waals surface area contributed by atoms with Gasteiger partial charge in [-0.1, -0.05) is 48.5 Å². The van der Waals surface area contributed by atoms with Crippen molar-refractivity contribution in [2.45, 2.75) is 19.3 Å². The van der Waals surface area contributed by atoms with Gasteiger partial charge in [0.15, 0.2) is 0 Å². The minimum atomic E-state index is -0.390. The summed E-state index contributed by atoms with van der Waals surface area (Å²) in [6.45, 7) is 1.05. The van der Waals surface area contributed by atoms with E-state index in [0.29, 0.717) is 25.2 Å². The maximum Gasteiger partial charge on any atom is 0.229 e. The molecule has 29 heavy (non-hydrogen) atoms. The maximum absolute atomic E-state index is 13.3. The molecule has 2 amide bonds. The van der Waals surface area contributed by atoms with E-state index < -0.39 is 5.82 Å². The minimum Gasteiger partial charge on any atom is -0.342 e. The van der Waals surface area contributed by atoms with Crippen LogP contribution in [0.3, 0.4) is 0 Å². The summed E-state index contributed by atoms with van der Waals surface area (Å²) in [6, 6.07) is 19.9. The second-order valence-electron chi connectivity index (χ2n) is 7.49. The molecule has 1 aliphatic rings. The average molecular weight is 390 g/mol. The summed E-state index contributed by atoms with van der Waals surface area (Å²) >= 11 is 0. The SMILES string of the molecule is O=C(Nc1cccc(F)c1)[C@H]1CCCN(C(=O)Cc2cccc3ccccc23)C1. The van der Waals surface area contributed by atoms with Gasteiger partial charge < -0.3 is 10.2 Å². The second kappa shape index (κ2) is 8.43. The van der Waals surface area contributed by atoms with Crippen LogP contribution in [0.4, 0.5) is 10.1 Å². The summed E-state index contributed by atoms with van der Waals surface area (Å²) in [7, 11) is 0. The van der Waals surface area contributed by atoms with Crippen LogP contribution in [-0.4, -0.2) is 29.8 Å². The lowest BCUT2D eigenvalue weighted by atomic mass is 9.95. The molecular weight excluding hydrogens is 367 g/mol. The first-order valence-corrected chi connectivity index (χ1v) is 9.91. The van der Waals surface area contributed by atoms with Gasteiger partial charge in [0, 0.05) is 18.8 Å². The van der Waals surface area contributed by atoms with Crippen molar-refractivity contribution in [3.05, 3.63) is 78.1 Å². The van der Waals surface area contributed by atoms with Crippen molar-refractivity contribution < 1.29 is 14.0 Å².